The van der Waals surface area contributed by atoms with Crippen LogP contribution in [0, 0.1) is 0 Å². The largest absolute Gasteiger partial charge is 0.465 e. The summed E-state index contributed by atoms with van der Waals surface area (Å²) < 4.78 is 0.740. The van der Waals surface area contributed by atoms with Crippen LogP contribution in [0.1, 0.15) is 10.4 Å². The SMILES string of the molecule is O=C(O)Nc1ccccc1Cc1ccc(Cl)s1. The predicted octanol–water partition coefficient (Wildman–Crippen LogP) is 4.08. The second-order valence-electron chi connectivity index (χ2n) is 3.47. The Hall–Kier alpha value is -1.52. The molecule has 2 rings (SSSR count). The van der Waals surface area contributed by atoms with Crippen molar-refractivity contribution in [3.8, 4) is 0 Å². The molecule has 0 spiro atoms. The van der Waals surface area contributed by atoms with Crippen LogP contribution in [0.4, 0.5) is 10.5 Å². The summed E-state index contributed by atoms with van der Waals surface area (Å²) in [6, 6.07) is 11.1. The maximum atomic E-state index is 10.6. The van der Waals surface area contributed by atoms with Crippen molar-refractivity contribution in [2.45, 2.75) is 6.42 Å². The van der Waals surface area contributed by atoms with Crippen LogP contribution in [-0.2, 0) is 6.42 Å². The molecule has 1 heterocycles. The summed E-state index contributed by atoms with van der Waals surface area (Å²) in [5.41, 5.74) is 1.55. The van der Waals surface area contributed by atoms with Crippen molar-refractivity contribution in [2.75, 3.05) is 5.32 Å². The molecular weight excluding hydrogens is 258 g/mol. The fraction of sp³-hybridized carbons (Fsp3) is 0.0833. The molecular formula is C12H10ClNO2S. The Morgan fingerprint density at radius 1 is 1.29 bits per heavy atom. The fourth-order valence-electron chi connectivity index (χ4n) is 1.55. The monoisotopic (exact) mass is 267 g/mol. The van der Waals surface area contributed by atoms with Crippen molar-refractivity contribution in [2.24, 2.45) is 0 Å². The number of amides is 1. The normalized spacial score (nSPS) is 10.2. The van der Waals surface area contributed by atoms with Crippen LogP contribution < -0.4 is 5.32 Å². The van der Waals surface area contributed by atoms with Gasteiger partial charge in [-0.05, 0) is 23.8 Å². The number of para-hydroxylation sites is 1. The zero-order chi connectivity index (χ0) is 12.3. The van der Waals surface area contributed by atoms with E-state index in [4.69, 9.17) is 16.7 Å². The van der Waals surface area contributed by atoms with E-state index < -0.39 is 6.09 Å². The van der Waals surface area contributed by atoms with Gasteiger partial charge in [-0.2, -0.15) is 0 Å². The molecule has 3 nitrogen and oxygen atoms in total. The van der Waals surface area contributed by atoms with Gasteiger partial charge >= 0.3 is 6.09 Å². The summed E-state index contributed by atoms with van der Waals surface area (Å²) in [5.74, 6) is 0. The Bertz CT molecular complexity index is 539. The second kappa shape index (κ2) is 5.21. The molecule has 0 saturated carbocycles. The quantitative estimate of drug-likeness (QED) is 0.880. The standard InChI is InChI=1S/C12H10ClNO2S/c13-11-6-5-9(17-11)7-8-3-1-2-4-10(8)14-12(15)16/h1-6,14H,7H2,(H,15,16). The highest BCUT2D eigenvalue weighted by Gasteiger charge is 2.06. The highest BCUT2D eigenvalue weighted by molar-refractivity contribution is 7.16. The van der Waals surface area contributed by atoms with E-state index in [1.54, 1.807) is 12.1 Å². The summed E-state index contributed by atoms with van der Waals surface area (Å²) in [6.45, 7) is 0. The van der Waals surface area contributed by atoms with E-state index in [0.717, 1.165) is 14.8 Å². The van der Waals surface area contributed by atoms with E-state index in [-0.39, 0.29) is 0 Å². The summed E-state index contributed by atoms with van der Waals surface area (Å²) in [5, 5.41) is 11.1. The van der Waals surface area contributed by atoms with Crippen molar-refractivity contribution in [1.82, 2.24) is 0 Å². The van der Waals surface area contributed by atoms with Gasteiger partial charge in [0.2, 0.25) is 0 Å². The third-order valence-electron chi connectivity index (χ3n) is 2.25. The molecule has 2 N–H and O–H groups in total. The molecule has 0 aliphatic carbocycles. The summed E-state index contributed by atoms with van der Waals surface area (Å²) >= 11 is 7.36. The average Bonchev–Trinajstić information content (AvgIpc) is 2.66. The minimum absolute atomic E-state index is 0.615. The summed E-state index contributed by atoms with van der Waals surface area (Å²) in [4.78, 5) is 11.8. The van der Waals surface area contributed by atoms with Crippen LogP contribution in [0.15, 0.2) is 36.4 Å². The Balaban J connectivity index is 2.23. The lowest BCUT2D eigenvalue weighted by Crippen LogP contribution is -2.09. The number of nitrogens with one attached hydrogen (secondary N) is 1. The molecule has 0 saturated heterocycles. The van der Waals surface area contributed by atoms with Crippen LogP contribution in [0.2, 0.25) is 4.34 Å². The third-order valence-corrected chi connectivity index (χ3v) is 3.48. The molecule has 17 heavy (non-hydrogen) atoms. The van der Waals surface area contributed by atoms with Gasteiger partial charge in [-0.3, -0.25) is 5.32 Å². The van der Waals surface area contributed by atoms with Crippen LogP contribution in [0.25, 0.3) is 0 Å². The van der Waals surface area contributed by atoms with Crippen molar-refractivity contribution in [3.05, 3.63) is 51.2 Å². The van der Waals surface area contributed by atoms with Gasteiger partial charge in [-0.1, -0.05) is 29.8 Å². The number of carbonyl (C=O) groups is 1. The number of anilines is 1. The van der Waals surface area contributed by atoms with Gasteiger partial charge in [0.15, 0.2) is 0 Å². The first-order valence-corrected chi connectivity index (χ1v) is 6.16. The highest BCUT2D eigenvalue weighted by atomic mass is 35.5. The van der Waals surface area contributed by atoms with Gasteiger partial charge in [0, 0.05) is 17.0 Å². The maximum Gasteiger partial charge on any atom is 0.409 e. The van der Waals surface area contributed by atoms with Gasteiger partial charge in [0.1, 0.15) is 0 Å². The first-order chi connectivity index (χ1) is 8.15. The first kappa shape index (κ1) is 12.0. The van der Waals surface area contributed by atoms with Gasteiger partial charge in [0.25, 0.3) is 0 Å². The highest BCUT2D eigenvalue weighted by Crippen LogP contribution is 2.26. The molecule has 1 aromatic carbocycles. The molecule has 1 aromatic heterocycles. The Kier molecular flexibility index (Phi) is 3.66. The number of hydrogen-bond acceptors (Lipinski definition) is 2. The first-order valence-electron chi connectivity index (χ1n) is 4.97. The topological polar surface area (TPSA) is 49.3 Å². The summed E-state index contributed by atoms with van der Waals surface area (Å²) in [7, 11) is 0. The molecule has 88 valence electrons. The lowest BCUT2D eigenvalue weighted by atomic mass is 10.1. The third kappa shape index (κ3) is 3.22. The minimum atomic E-state index is -1.05. The lowest BCUT2D eigenvalue weighted by molar-refractivity contribution is 0.209. The molecule has 2 aromatic rings. The number of halogens is 1. The number of thiophene rings is 1. The van der Waals surface area contributed by atoms with Gasteiger partial charge in [-0.25, -0.2) is 4.79 Å². The van der Waals surface area contributed by atoms with Crippen molar-refractivity contribution in [3.63, 3.8) is 0 Å². The molecule has 5 heteroatoms. The number of benzene rings is 1. The number of carboxylic acid groups (broad SMARTS) is 1. The number of rotatable bonds is 3. The zero-order valence-corrected chi connectivity index (χ0v) is 10.4. The van der Waals surface area contributed by atoms with Gasteiger partial charge in [0.05, 0.1) is 4.34 Å². The fourth-order valence-corrected chi connectivity index (χ4v) is 2.66. The van der Waals surface area contributed by atoms with Crippen molar-refractivity contribution >= 4 is 34.7 Å². The maximum absolute atomic E-state index is 10.6. The molecule has 0 aliphatic heterocycles. The lowest BCUT2D eigenvalue weighted by Gasteiger charge is -2.07. The van der Waals surface area contributed by atoms with E-state index in [1.807, 2.05) is 24.3 Å². The Labute approximate surface area is 108 Å². The Morgan fingerprint density at radius 2 is 2.06 bits per heavy atom. The zero-order valence-electron chi connectivity index (χ0n) is 8.81. The Morgan fingerprint density at radius 3 is 2.71 bits per heavy atom. The smallest absolute Gasteiger partial charge is 0.409 e. The number of hydrogen-bond donors (Lipinski definition) is 2. The predicted molar refractivity (Wildman–Crippen MR) is 70.2 cm³/mol. The molecule has 0 atom stereocenters. The molecule has 0 radical (unpaired) electrons. The van der Waals surface area contributed by atoms with Gasteiger partial charge in [-0.15, -0.1) is 11.3 Å². The second-order valence-corrected chi connectivity index (χ2v) is 5.27. The van der Waals surface area contributed by atoms with Crippen molar-refractivity contribution < 1.29 is 9.90 Å². The molecule has 0 fully saturated rings. The van der Waals surface area contributed by atoms with Gasteiger partial charge < -0.3 is 5.11 Å². The van der Waals surface area contributed by atoms with Crippen LogP contribution in [0.3, 0.4) is 0 Å². The van der Waals surface area contributed by atoms with E-state index in [1.165, 1.54) is 11.3 Å². The molecule has 0 bridgehead atoms. The summed E-state index contributed by atoms with van der Waals surface area (Å²) in [6.07, 6.45) is -0.380. The van der Waals surface area contributed by atoms with Crippen LogP contribution >= 0.6 is 22.9 Å². The van der Waals surface area contributed by atoms with E-state index in [0.29, 0.717) is 12.1 Å². The molecule has 1 amide bonds. The average molecular weight is 268 g/mol. The van der Waals surface area contributed by atoms with Crippen molar-refractivity contribution in [1.29, 1.82) is 0 Å². The minimum Gasteiger partial charge on any atom is -0.465 e. The van der Waals surface area contributed by atoms with Crippen LogP contribution in [-0.4, -0.2) is 11.2 Å². The van der Waals surface area contributed by atoms with E-state index in [2.05, 4.69) is 5.32 Å². The van der Waals surface area contributed by atoms with E-state index >= 15 is 0 Å². The van der Waals surface area contributed by atoms with E-state index in [9.17, 15) is 4.79 Å². The molecule has 0 unspecified atom stereocenters. The molecule has 0 aliphatic rings. The van der Waals surface area contributed by atoms with Crippen LogP contribution in [0.5, 0.6) is 0 Å².